The molecule has 2 aromatic carbocycles. The van der Waals surface area contributed by atoms with Crippen molar-refractivity contribution in [2.45, 2.75) is 11.3 Å². The molecule has 0 radical (unpaired) electrons. The van der Waals surface area contributed by atoms with Crippen LogP contribution in [-0.2, 0) is 6.42 Å². The number of likely N-dealkylation sites (N-methyl/N-ethyl adjacent to an activating group) is 1. The first-order chi connectivity index (χ1) is 14.1. The normalized spacial score (nSPS) is 16.0. The van der Waals surface area contributed by atoms with Crippen LogP contribution in [0.5, 0.6) is 0 Å². The molecular weight excluding hydrogens is 400 g/mol. The van der Waals surface area contributed by atoms with Crippen LogP contribution in [0.25, 0.3) is 0 Å². The summed E-state index contributed by atoms with van der Waals surface area (Å²) >= 11 is 3.49. The summed E-state index contributed by atoms with van der Waals surface area (Å²) in [6, 6.07) is 14.4. The highest BCUT2D eigenvalue weighted by Crippen LogP contribution is 2.32. The van der Waals surface area contributed by atoms with Crippen molar-refractivity contribution in [2.24, 2.45) is 0 Å². The molecule has 0 unspecified atom stereocenters. The summed E-state index contributed by atoms with van der Waals surface area (Å²) in [7, 11) is 4.11. The van der Waals surface area contributed by atoms with Crippen LogP contribution in [0.2, 0.25) is 0 Å². The third kappa shape index (κ3) is 5.92. The maximum absolute atomic E-state index is 10.6. The van der Waals surface area contributed by atoms with E-state index in [9.17, 15) is 4.79 Å². The zero-order valence-corrected chi connectivity index (χ0v) is 19.1. The quantitative estimate of drug-likeness (QED) is 0.571. The highest BCUT2D eigenvalue weighted by molar-refractivity contribution is 7.99. The lowest BCUT2D eigenvalue weighted by Crippen LogP contribution is -2.39. The van der Waals surface area contributed by atoms with Gasteiger partial charge in [0.05, 0.1) is 5.69 Å². The molecule has 2 aromatic rings. The number of rotatable bonds is 5. The molecule has 4 rings (SSSR count). The van der Waals surface area contributed by atoms with Crippen LogP contribution in [-0.4, -0.2) is 63.7 Å². The Morgan fingerprint density at radius 3 is 2.59 bits per heavy atom. The predicted octanol–water partition coefficient (Wildman–Crippen LogP) is 3.80. The van der Waals surface area contributed by atoms with Crippen LogP contribution in [0.4, 0.5) is 11.4 Å². The number of hydrogen-bond donors (Lipinski definition) is 1. The number of fused-ring (bicyclic) bond motifs is 1. The van der Waals surface area contributed by atoms with Gasteiger partial charge in [-0.2, -0.15) is 0 Å². The number of anilines is 2. The molecule has 0 amide bonds. The average molecular weight is 431 g/mol. The van der Waals surface area contributed by atoms with Crippen LogP contribution in [0.1, 0.15) is 15.9 Å². The highest BCUT2D eigenvalue weighted by Gasteiger charge is 2.17. The summed E-state index contributed by atoms with van der Waals surface area (Å²) < 4.78 is 4.42. The Morgan fingerprint density at radius 2 is 1.86 bits per heavy atom. The molecule has 0 aromatic heterocycles. The van der Waals surface area contributed by atoms with Crippen molar-refractivity contribution in [2.75, 3.05) is 62.3 Å². The second-order valence-electron chi connectivity index (χ2n) is 7.09. The van der Waals surface area contributed by atoms with Gasteiger partial charge in [0.2, 0.25) is 0 Å². The van der Waals surface area contributed by atoms with Crippen LogP contribution in [0.3, 0.4) is 0 Å². The molecule has 1 saturated heterocycles. The summed E-state index contributed by atoms with van der Waals surface area (Å²) in [6.07, 6.45) is 4.05. The van der Waals surface area contributed by atoms with E-state index in [1.54, 1.807) is 11.9 Å². The minimum Gasteiger partial charge on any atom is -0.374 e. The average Bonchev–Trinajstić information content (AvgIpc) is 3.14. The van der Waals surface area contributed by atoms with Crippen molar-refractivity contribution < 1.29 is 4.79 Å². The molecule has 5 nitrogen and oxygen atoms in total. The molecule has 1 fully saturated rings. The zero-order valence-electron chi connectivity index (χ0n) is 17.4. The molecular formula is C22H30N4OS2. The number of piperazine rings is 1. The summed E-state index contributed by atoms with van der Waals surface area (Å²) in [5, 5.41) is 3.39. The van der Waals surface area contributed by atoms with Crippen molar-refractivity contribution in [1.82, 2.24) is 9.62 Å². The molecule has 0 spiro atoms. The van der Waals surface area contributed by atoms with Crippen LogP contribution in [0.15, 0.2) is 47.4 Å². The zero-order chi connectivity index (χ0) is 20.6. The first-order valence-corrected chi connectivity index (χ1v) is 11.9. The Hall–Kier alpha value is -1.67. The van der Waals surface area contributed by atoms with Crippen LogP contribution < -0.4 is 14.5 Å². The first kappa shape index (κ1) is 22.0. The van der Waals surface area contributed by atoms with Gasteiger partial charge in [-0.05, 0) is 54.3 Å². The summed E-state index contributed by atoms with van der Waals surface area (Å²) in [5.41, 5.74) is 4.61. The van der Waals surface area contributed by atoms with Gasteiger partial charge in [0.25, 0.3) is 0 Å². The number of carbonyl (C=O) groups excluding carboxylic acids is 1. The van der Waals surface area contributed by atoms with Crippen molar-refractivity contribution in [3.05, 3.63) is 53.6 Å². The molecule has 0 atom stereocenters. The predicted molar refractivity (Wildman–Crippen MR) is 127 cm³/mol. The summed E-state index contributed by atoms with van der Waals surface area (Å²) in [6.45, 7) is 5.67. The third-order valence-electron chi connectivity index (χ3n) is 5.17. The summed E-state index contributed by atoms with van der Waals surface area (Å²) in [5.74, 6) is 0. The van der Waals surface area contributed by atoms with E-state index >= 15 is 0 Å². The number of aldehydes is 1. The van der Waals surface area contributed by atoms with Gasteiger partial charge in [-0.1, -0.05) is 24.1 Å². The van der Waals surface area contributed by atoms with E-state index in [0.29, 0.717) is 0 Å². The molecule has 1 N–H and O–H groups in total. The second kappa shape index (κ2) is 10.9. The van der Waals surface area contributed by atoms with Crippen LogP contribution in [0, 0.1) is 0 Å². The lowest BCUT2D eigenvalue weighted by atomic mass is 10.2. The highest BCUT2D eigenvalue weighted by atomic mass is 32.2. The fourth-order valence-electron chi connectivity index (χ4n) is 3.46. The Labute approximate surface area is 183 Å². The van der Waals surface area contributed by atoms with Gasteiger partial charge < -0.3 is 14.5 Å². The number of carbonyl (C=O) groups is 1. The fourth-order valence-corrected chi connectivity index (χ4v) is 4.81. The van der Waals surface area contributed by atoms with Crippen molar-refractivity contribution in [1.29, 1.82) is 0 Å². The maximum Gasteiger partial charge on any atom is 0.152 e. The van der Waals surface area contributed by atoms with Gasteiger partial charge in [0.1, 0.15) is 0 Å². The van der Waals surface area contributed by atoms with E-state index in [4.69, 9.17) is 0 Å². The lowest BCUT2D eigenvalue weighted by molar-refractivity contribution is 0.112. The first-order valence-electron chi connectivity index (χ1n) is 9.92. The van der Waals surface area contributed by atoms with Gasteiger partial charge in [-0.3, -0.25) is 4.79 Å². The smallest absolute Gasteiger partial charge is 0.152 e. The molecule has 2 aliphatic rings. The van der Waals surface area contributed by atoms with Crippen molar-refractivity contribution >= 4 is 41.6 Å². The van der Waals surface area contributed by atoms with Gasteiger partial charge in [0.15, 0.2) is 6.29 Å². The molecule has 7 heteroatoms. The Kier molecular flexibility index (Phi) is 8.29. The molecule has 0 aliphatic carbocycles. The molecule has 0 bridgehead atoms. The standard InChI is InChI=1S/C13H19N3S.C9H11NOS/c1-15-7-4-11-10-12(2-3-13(11)15)17-16-8-5-14-6-9-16;1-10(12-2)9-6-4-3-5-8(9)7-11/h2-3,10,14H,4-9H2,1H3;3-7H,1-2H3. The molecule has 2 aliphatic heterocycles. The molecule has 29 heavy (non-hydrogen) atoms. The minimum absolute atomic E-state index is 0.731. The van der Waals surface area contributed by atoms with Crippen LogP contribution >= 0.6 is 23.9 Å². The second-order valence-corrected chi connectivity index (χ2v) is 9.17. The van der Waals surface area contributed by atoms with Gasteiger partial charge >= 0.3 is 0 Å². The fraction of sp³-hybridized carbons (Fsp3) is 0.409. The number of hydrogen-bond acceptors (Lipinski definition) is 7. The third-order valence-corrected chi connectivity index (χ3v) is 7.00. The maximum atomic E-state index is 10.6. The van der Waals surface area contributed by atoms with E-state index in [1.807, 2.05) is 53.8 Å². The number of benzene rings is 2. The molecule has 0 saturated carbocycles. The van der Waals surface area contributed by atoms with Gasteiger partial charge in [0, 0.05) is 69.2 Å². The number of para-hydroxylation sites is 1. The van der Waals surface area contributed by atoms with Crippen molar-refractivity contribution in [3.8, 4) is 0 Å². The number of nitrogens with one attached hydrogen (secondary N) is 1. The van der Waals surface area contributed by atoms with E-state index in [1.165, 1.54) is 22.6 Å². The molecule has 156 valence electrons. The Morgan fingerprint density at radius 1 is 1.10 bits per heavy atom. The van der Waals surface area contributed by atoms with Crippen molar-refractivity contribution in [3.63, 3.8) is 0 Å². The largest absolute Gasteiger partial charge is 0.374 e. The Bertz CT molecular complexity index is 811. The monoisotopic (exact) mass is 430 g/mol. The number of nitrogens with zero attached hydrogens (tertiary/aromatic N) is 3. The summed E-state index contributed by atoms with van der Waals surface area (Å²) in [4.78, 5) is 14.3. The lowest BCUT2D eigenvalue weighted by Gasteiger charge is -2.26. The molecule has 2 heterocycles. The van der Waals surface area contributed by atoms with Gasteiger partial charge in [-0.15, -0.1) is 0 Å². The van der Waals surface area contributed by atoms with E-state index in [0.717, 1.165) is 50.3 Å². The SMILES string of the molecule is CN1CCc2cc(SN3CCNCC3)ccc21.CSN(C)c1ccccc1C=O. The van der Waals surface area contributed by atoms with E-state index < -0.39 is 0 Å². The van der Waals surface area contributed by atoms with E-state index in [-0.39, 0.29) is 0 Å². The topological polar surface area (TPSA) is 38.8 Å². The Balaban J connectivity index is 0.000000177. The van der Waals surface area contributed by atoms with Gasteiger partial charge in [-0.25, -0.2) is 4.31 Å². The van der Waals surface area contributed by atoms with E-state index in [2.05, 4.69) is 39.8 Å². The minimum atomic E-state index is 0.731.